The Kier molecular flexibility index (Phi) is 11.1. The van der Waals surface area contributed by atoms with Gasteiger partial charge in [0.15, 0.2) is 5.96 Å². The third kappa shape index (κ3) is 7.12. The first kappa shape index (κ1) is 23.9. The number of hydrogen-bond acceptors (Lipinski definition) is 5. The normalized spacial score (nSPS) is 21.1. The van der Waals surface area contributed by atoms with Crippen LogP contribution in [0.2, 0.25) is 0 Å². The number of aliphatic imine (C=N–C) groups is 1. The highest BCUT2D eigenvalue weighted by molar-refractivity contribution is 14.0. The molecule has 2 atom stereocenters. The SMILES string of the molecule is CCNC(=NCC(C)N1CCOCC1)NCC(c1cccs1)N1CCCC1.I. The number of rotatable bonds is 8. The Morgan fingerprint density at radius 1 is 1.18 bits per heavy atom. The molecule has 6 nitrogen and oxygen atoms in total. The molecule has 2 unspecified atom stereocenters. The molecule has 0 radical (unpaired) electrons. The molecule has 0 aromatic carbocycles. The molecule has 2 aliphatic heterocycles. The smallest absolute Gasteiger partial charge is 0.191 e. The van der Waals surface area contributed by atoms with Crippen molar-refractivity contribution >= 4 is 41.3 Å². The van der Waals surface area contributed by atoms with Crippen LogP contribution in [0.5, 0.6) is 0 Å². The summed E-state index contributed by atoms with van der Waals surface area (Å²) in [5.74, 6) is 0.929. The highest BCUT2D eigenvalue weighted by Crippen LogP contribution is 2.27. The van der Waals surface area contributed by atoms with Crippen LogP contribution in [0, 0.1) is 0 Å². The fourth-order valence-corrected chi connectivity index (χ4v) is 4.70. The Morgan fingerprint density at radius 2 is 1.93 bits per heavy atom. The Bertz CT molecular complexity index is 559. The van der Waals surface area contributed by atoms with Gasteiger partial charge in [-0.15, -0.1) is 35.3 Å². The maximum Gasteiger partial charge on any atom is 0.191 e. The minimum absolute atomic E-state index is 0. The van der Waals surface area contributed by atoms with Gasteiger partial charge in [0.1, 0.15) is 0 Å². The highest BCUT2D eigenvalue weighted by atomic mass is 127. The van der Waals surface area contributed by atoms with Crippen LogP contribution in [0.25, 0.3) is 0 Å². The summed E-state index contributed by atoms with van der Waals surface area (Å²) in [6.45, 7) is 13.1. The van der Waals surface area contributed by atoms with Crippen LogP contribution >= 0.6 is 35.3 Å². The van der Waals surface area contributed by atoms with E-state index in [1.165, 1.54) is 30.8 Å². The second kappa shape index (κ2) is 13.0. The van der Waals surface area contributed by atoms with E-state index in [1.807, 2.05) is 11.3 Å². The zero-order valence-corrected chi connectivity index (χ0v) is 20.4. The molecule has 160 valence electrons. The maximum absolute atomic E-state index is 5.46. The largest absolute Gasteiger partial charge is 0.379 e. The third-order valence-electron chi connectivity index (χ3n) is 5.44. The van der Waals surface area contributed by atoms with Gasteiger partial charge in [0.2, 0.25) is 0 Å². The molecule has 0 saturated carbocycles. The van der Waals surface area contributed by atoms with E-state index in [2.05, 4.69) is 51.8 Å². The molecule has 3 rings (SSSR count). The van der Waals surface area contributed by atoms with Crippen LogP contribution < -0.4 is 10.6 Å². The first-order valence-corrected chi connectivity index (χ1v) is 11.3. The summed E-state index contributed by atoms with van der Waals surface area (Å²) in [7, 11) is 0. The summed E-state index contributed by atoms with van der Waals surface area (Å²) in [5, 5.41) is 9.20. The first-order valence-electron chi connectivity index (χ1n) is 10.4. The molecule has 8 heteroatoms. The van der Waals surface area contributed by atoms with E-state index in [0.717, 1.165) is 51.9 Å². The average Bonchev–Trinajstić information content (AvgIpc) is 3.41. The van der Waals surface area contributed by atoms with Gasteiger partial charge in [0.25, 0.3) is 0 Å². The fourth-order valence-electron chi connectivity index (χ4n) is 3.84. The first-order chi connectivity index (χ1) is 13.3. The van der Waals surface area contributed by atoms with E-state index >= 15 is 0 Å². The summed E-state index contributed by atoms with van der Waals surface area (Å²) in [6.07, 6.45) is 2.63. The monoisotopic (exact) mass is 521 g/mol. The zero-order chi connectivity index (χ0) is 18.9. The number of hydrogen-bond donors (Lipinski definition) is 2. The average molecular weight is 522 g/mol. The molecule has 28 heavy (non-hydrogen) atoms. The van der Waals surface area contributed by atoms with Crippen LogP contribution in [0.15, 0.2) is 22.5 Å². The van der Waals surface area contributed by atoms with E-state index in [4.69, 9.17) is 9.73 Å². The van der Waals surface area contributed by atoms with Crippen molar-refractivity contribution in [1.82, 2.24) is 20.4 Å². The van der Waals surface area contributed by atoms with Gasteiger partial charge in [-0.3, -0.25) is 14.8 Å². The lowest BCUT2D eigenvalue weighted by Crippen LogP contribution is -2.45. The van der Waals surface area contributed by atoms with E-state index in [1.54, 1.807) is 0 Å². The van der Waals surface area contributed by atoms with Crippen LogP contribution in [0.1, 0.15) is 37.6 Å². The fraction of sp³-hybridized carbons (Fsp3) is 0.750. The van der Waals surface area contributed by atoms with Gasteiger partial charge in [-0.25, -0.2) is 0 Å². The predicted molar refractivity (Wildman–Crippen MR) is 129 cm³/mol. The molecule has 3 heterocycles. The summed E-state index contributed by atoms with van der Waals surface area (Å²) in [4.78, 5) is 11.4. The lowest BCUT2D eigenvalue weighted by Gasteiger charge is -2.31. The van der Waals surface area contributed by atoms with E-state index in [9.17, 15) is 0 Å². The lowest BCUT2D eigenvalue weighted by atomic mass is 10.2. The lowest BCUT2D eigenvalue weighted by molar-refractivity contribution is 0.0220. The van der Waals surface area contributed by atoms with Crippen molar-refractivity contribution in [2.24, 2.45) is 4.99 Å². The molecular formula is C20H36IN5OS. The van der Waals surface area contributed by atoms with Crippen molar-refractivity contribution in [2.45, 2.75) is 38.8 Å². The number of thiophene rings is 1. The van der Waals surface area contributed by atoms with Crippen LogP contribution in [0.4, 0.5) is 0 Å². The van der Waals surface area contributed by atoms with Crippen LogP contribution in [-0.4, -0.2) is 80.8 Å². The van der Waals surface area contributed by atoms with Crippen molar-refractivity contribution < 1.29 is 4.74 Å². The second-order valence-corrected chi connectivity index (χ2v) is 8.35. The number of ether oxygens (including phenoxy) is 1. The molecule has 0 bridgehead atoms. The van der Waals surface area contributed by atoms with Gasteiger partial charge in [0.05, 0.1) is 25.8 Å². The van der Waals surface area contributed by atoms with Gasteiger partial charge in [-0.05, 0) is 51.2 Å². The van der Waals surface area contributed by atoms with Crippen LogP contribution in [-0.2, 0) is 4.74 Å². The van der Waals surface area contributed by atoms with E-state index < -0.39 is 0 Å². The molecule has 2 aliphatic rings. The maximum atomic E-state index is 5.46. The molecule has 2 N–H and O–H groups in total. The van der Waals surface area contributed by atoms with Crippen molar-refractivity contribution in [3.8, 4) is 0 Å². The Labute approximate surface area is 191 Å². The van der Waals surface area contributed by atoms with E-state index in [0.29, 0.717) is 12.1 Å². The Morgan fingerprint density at radius 3 is 2.57 bits per heavy atom. The van der Waals surface area contributed by atoms with Crippen molar-refractivity contribution in [3.05, 3.63) is 22.4 Å². The summed E-state index contributed by atoms with van der Waals surface area (Å²) in [6, 6.07) is 5.30. The van der Waals surface area contributed by atoms with Gasteiger partial charge >= 0.3 is 0 Å². The predicted octanol–water partition coefficient (Wildman–Crippen LogP) is 2.78. The summed E-state index contributed by atoms with van der Waals surface area (Å²) in [5.41, 5.74) is 0. The van der Waals surface area contributed by atoms with Crippen molar-refractivity contribution in [1.29, 1.82) is 0 Å². The molecular weight excluding hydrogens is 485 g/mol. The standard InChI is InChI=1S/C20H35N5OS.HI/c1-3-21-20(22-15-17(2)24-10-12-26-13-11-24)23-16-18(19-7-6-14-27-19)25-8-4-5-9-25;/h6-7,14,17-18H,3-5,8-13,15-16H2,1-2H3,(H2,21,22,23);1H. The highest BCUT2D eigenvalue weighted by Gasteiger charge is 2.24. The minimum Gasteiger partial charge on any atom is -0.379 e. The van der Waals surface area contributed by atoms with Gasteiger partial charge in [0, 0.05) is 37.1 Å². The number of nitrogens with zero attached hydrogens (tertiary/aromatic N) is 3. The van der Waals surface area contributed by atoms with Gasteiger partial charge < -0.3 is 15.4 Å². The molecule has 0 aliphatic carbocycles. The zero-order valence-electron chi connectivity index (χ0n) is 17.2. The van der Waals surface area contributed by atoms with Crippen LogP contribution in [0.3, 0.4) is 0 Å². The molecule has 1 aromatic rings. The summed E-state index contributed by atoms with van der Waals surface area (Å²) < 4.78 is 5.46. The Hall–Kier alpha value is -0.420. The number of guanidine groups is 1. The number of likely N-dealkylation sites (tertiary alicyclic amines) is 1. The van der Waals surface area contributed by atoms with E-state index in [-0.39, 0.29) is 24.0 Å². The topological polar surface area (TPSA) is 52.1 Å². The second-order valence-electron chi connectivity index (χ2n) is 7.37. The molecule has 1 aromatic heterocycles. The van der Waals surface area contributed by atoms with Gasteiger partial charge in [-0.2, -0.15) is 0 Å². The Balaban J connectivity index is 0.00000280. The molecule has 2 saturated heterocycles. The number of nitrogens with one attached hydrogen (secondary N) is 2. The van der Waals surface area contributed by atoms with Crippen molar-refractivity contribution in [2.75, 3.05) is 59.0 Å². The summed E-state index contributed by atoms with van der Waals surface area (Å²) >= 11 is 1.86. The van der Waals surface area contributed by atoms with Gasteiger partial charge in [-0.1, -0.05) is 6.07 Å². The quantitative estimate of drug-likeness (QED) is 0.313. The number of halogens is 1. The number of morpholine rings is 1. The minimum atomic E-state index is 0. The molecule has 0 spiro atoms. The van der Waals surface area contributed by atoms with Crippen molar-refractivity contribution in [3.63, 3.8) is 0 Å². The molecule has 0 amide bonds. The molecule has 2 fully saturated rings. The third-order valence-corrected chi connectivity index (χ3v) is 6.42.